The number of halogens is 1. The van der Waals surface area contributed by atoms with Crippen molar-refractivity contribution in [2.75, 3.05) is 13.2 Å². The molecule has 0 spiro atoms. The maximum atomic E-state index is 14.2. The Morgan fingerprint density at radius 2 is 2.24 bits per heavy atom. The van der Waals surface area contributed by atoms with Crippen molar-refractivity contribution in [3.8, 4) is 11.8 Å². The number of nitriles is 1. The molecule has 0 saturated carbocycles. The van der Waals surface area contributed by atoms with Gasteiger partial charge in [-0.05, 0) is 18.7 Å². The summed E-state index contributed by atoms with van der Waals surface area (Å²) < 4.78 is 19.3. The van der Waals surface area contributed by atoms with Gasteiger partial charge in [0.05, 0.1) is 5.82 Å². The second kappa shape index (κ2) is 8.12. The van der Waals surface area contributed by atoms with Crippen molar-refractivity contribution in [3.05, 3.63) is 60.1 Å². The van der Waals surface area contributed by atoms with Gasteiger partial charge in [0.15, 0.2) is 6.61 Å². The third kappa shape index (κ3) is 4.03. The van der Waals surface area contributed by atoms with E-state index < -0.39 is 5.82 Å². The zero-order valence-corrected chi connectivity index (χ0v) is 14.6. The number of hydrogen-bond donors (Lipinski definition) is 0. The number of hydrogen-bond acceptors (Lipinski definition) is 3. The van der Waals surface area contributed by atoms with Crippen molar-refractivity contribution >= 4 is 5.70 Å². The minimum Gasteiger partial charge on any atom is -0.479 e. The number of likely N-dealkylation sites (N-methyl/N-ethyl adjacent to an activating group) is 1. The van der Waals surface area contributed by atoms with E-state index >= 15 is 0 Å². The molecule has 105 valence electrons. The summed E-state index contributed by atoms with van der Waals surface area (Å²) in [6, 6.07) is 6.38. The average Bonchev–Trinajstić information content (AvgIpc) is 2.45. The minimum absolute atomic E-state index is 0. The van der Waals surface area contributed by atoms with Gasteiger partial charge in [-0.2, -0.15) is 17.4 Å². The molecule has 0 aromatic heterocycles. The van der Waals surface area contributed by atoms with E-state index in [1.54, 1.807) is 18.2 Å². The van der Waals surface area contributed by atoms with Gasteiger partial charge in [-0.1, -0.05) is 17.8 Å². The Bertz CT molecular complexity index is 632. The largest absolute Gasteiger partial charge is 0.479 e. The van der Waals surface area contributed by atoms with Gasteiger partial charge in [0.2, 0.25) is 0 Å². The molecular weight excluding hydrogens is 344 g/mol. The molecular formula is C16H14FN2OY-. The normalized spacial score (nSPS) is 13.3. The van der Waals surface area contributed by atoms with E-state index in [0.29, 0.717) is 23.6 Å². The van der Waals surface area contributed by atoms with Crippen LogP contribution in [0.4, 0.5) is 4.39 Å². The Kier molecular flexibility index (Phi) is 6.81. The van der Waals surface area contributed by atoms with E-state index in [4.69, 9.17) is 10.00 Å². The van der Waals surface area contributed by atoms with Gasteiger partial charge in [0.1, 0.15) is 11.8 Å². The number of rotatable bonds is 4. The van der Waals surface area contributed by atoms with Gasteiger partial charge >= 0.3 is 0 Å². The Balaban J connectivity index is 0.00000220. The molecule has 1 heterocycles. The first-order valence-electron chi connectivity index (χ1n) is 6.23. The number of nitrogens with zero attached hydrogens (tertiary/aromatic N) is 2. The zero-order valence-electron chi connectivity index (χ0n) is 11.8. The maximum Gasteiger partial charge on any atom is 0.174 e. The van der Waals surface area contributed by atoms with Crippen LogP contribution in [0.25, 0.3) is 5.70 Å². The second-order valence-corrected chi connectivity index (χ2v) is 4.15. The molecule has 1 aromatic carbocycles. The topological polar surface area (TPSA) is 36.3 Å². The summed E-state index contributed by atoms with van der Waals surface area (Å²) in [5.74, 6) is -0.0777. The molecule has 1 aromatic rings. The molecule has 0 N–H and O–H groups in total. The quantitative estimate of drug-likeness (QED) is 0.776. The van der Waals surface area contributed by atoms with Crippen molar-refractivity contribution in [2.24, 2.45) is 0 Å². The summed E-state index contributed by atoms with van der Waals surface area (Å²) in [6.07, 6.45) is 6.59. The third-order valence-corrected chi connectivity index (χ3v) is 2.93. The molecule has 0 aliphatic carbocycles. The summed E-state index contributed by atoms with van der Waals surface area (Å²) in [5, 5.41) is 8.44. The fourth-order valence-electron chi connectivity index (χ4n) is 2.01. The summed E-state index contributed by atoms with van der Waals surface area (Å²) in [6.45, 7) is 6.47. The summed E-state index contributed by atoms with van der Waals surface area (Å²) >= 11 is 0. The van der Waals surface area contributed by atoms with Crippen LogP contribution in [0, 0.1) is 23.2 Å². The Hall–Kier alpha value is -1.44. The van der Waals surface area contributed by atoms with Gasteiger partial charge in [-0.15, -0.1) is 12.1 Å². The van der Waals surface area contributed by atoms with Crippen LogP contribution in [0.5, 0.6) is 5.75 Å². The molecule has 0 bridgehead atoms. The van der Waals surface area contributed by atoms with Crippen LogP contribution in [0.2, 0.25) is 0 Å². The second-order valence-electron chi connectivity index (χ2n) is 4.15. The van der Waals surface area contributed by atoms with Crippen molar-refractivity contribution in [1.29, 1.82) is 5.26 Å². The molecule has 3 nitrogen and oxygen atoms in total. The first-order valence-corrected chi connectivity index (χ1v) is 6.23. The van der Waals surface area contributed by atoms with Crippen molar-refractivity contribution in [3.63, 3.8) is 0 Å². The Morgan fingerprint density at radius 3 is 2.86 bits per heavy atom. The van der Waals surface area contributed by atoms with Gasteiger partial charge in [0.25, 0.3) is 0 Å². The van der Waals surface area contributed by atoms with E-state index in [0.717, 1.165) is 5.70 Å². The predicted octanol–water partition coefficient (Wildman–Crippen LogP) is 3.28. The molecule has 0 amide bonds. The molecule has 1 aliphatic rings. The van der Waals surface area contributed by atoms with E-state index in [9.17, 15) is 4.39 Å². The first-order chi connectivity index (χ1) is 9.67. The molecule has 0 unspecified atom stereocenters. The SMILES string of the molecule is C=C1C=C[C-]=C(c2ccc(OCC#N)cc2F)N1CC.[Y]. The summed E-state index contributed by atoms with van der Waals surface area (Å²) in [5.41, 5.74) is 1.87. The van der Waals surface area contributed by atoms with E-state index in [-0.39, 0.29) is 39.3 Å². The number of ether oxygens (including phenoxy) is 1. The monoisotopic (exact) mass is 358 g/mol. The molecule has 2 rings (SSSR count). The van der Waals surface area contributed by atoms with E-state index in [1.165, 1.54) is 6.07 Å². The molecule has 5 heteroatoms. The van der Waals surface area contributed by atoms with Crippen LogP contribution in [0.1, 0.15) is 12.5 Å². The maximum absolute atomic E-state index is 14.2. The van der Waals surface area contributed by atoms with Crippen molar-refractivity contribution < 1.29 is 41.8 Å². The van der Waals surface area contributed by atoms with E-state index in [1.807, 2.05) is 24.0 Å². The van der Waals surface area contributed by atoms with Crippen LogP contribution in [0.15, 0.2) is 42.6 Å². The third-order valence-electron chi connectivity index (χ3n) is 2.93. The van der Waals surface area contributed by atoms with Crippen LogP contribution >= 0.6 is 0 Å². The van der Waals surface area contributed by atoms with Gasteiger partial charge in [-0.3, -0.25) is 0 Å². The fraction of sp³-hybridized carbons (Fsp3) is 0.188. The fourth-order valence-corrected chi connectivity index (χ4v) is 2.01. The molecule has 1 aliphatic heterocycles. The van der Waals surface area contributed by atoms with Gasteiger partial charge < -0.3 is 9.64 Å². The van der Waals surface area contributed by atoms with E-state index in [2.05, 4.69) is 12.7 Å². The smallest absolute Gasteiger partial charge is 0.174 e. The molecule has 0 atom stereocenters. The number of allylic oxidation sites excluding steroid dienone is 3. The number of benzene rings is 1. The minimum atomic E-state index is -0.413. The van der Waals surface area contributed by atoms with Crippen molar-refractivity contribution in [2.45, 2.75) is 6.92 Å². The van der Waals surface area contributed by atoms with Crippen LogP contribution < -0.4 is 4.74 Å². The van der Waals surface area contributed by atoms with Gasteiger partial charge in [-0.25, -0.2) is 4.39 Å². The van der Waals surface area contributed by atoms with Crippen LogP contribution in [-0.2, 0) is 32.7 Å². The first kappa shape index (κ1) is 17.6. The Labute approximate surface area is 149 Å². The molecule has 0 saturated heterocycles. The average molecular weight is 358 g/mol. The van der Waals surface area contributed by atoms with Crippen LogP contribution in [0.3, 0.4) is 0 Å². The molecule has 1 radical (unpaired) electrons. The summed E-state index contributed by atoms with van der Waals surface area (Å²) in [4.78, 5) is 1.88. The zero-order chi connectivity index (χ0) is 14.5. The Morgan fingerprint density at radius 1 is 1.48 bits per heavy atom. The molecule has 0 fully saturated rings. The standard InChI is InChI=1S/C16H14FN2O.Y/c1-3-19-12(2)5-4-6-16(19)14-8-7-13(11-15(14)17)20-10-9-18;/h4-5,7-8,11H,2-3,10H2,1H3;/q-1;. The predicted molar refractivity (Wildman–Crippen MR) is 74.8 cm³/mol. The van der Waals surface area contributed by atoms with Crippen LogP contribution in [-0.4, -0.2) is 18.1 Å². The summed E-state index contributed by atoms with van der Waals surface area (Å²) in [7, 11) is 0. The van der Waals surface area contributed by atoms with Crippen molar-refractivity contribution in [1.82, 2.24) is 4.90 Å². The molecule has 21 heavy (non-hydrogen) atoms. The van der Waals surface area contributed by atoms with Gasteiger partial charge in [0, 0.05) is 45.3 Å².